The van der Waals surface area contributed by atoms with Crippen LogP contribution in [0.1, 0.15) is 30.1 Å². The summed E-state index contributed by atoms with van der Waals surface area (Å²) in [5.41, 5.74) is 0.338. The summed E-state index contributed by atoms with van der Waals surface area (Å²) >= 11 is 0. The molecule has 0 saturated carbocycles. The lowest BCUT2D eigenvalue weighted by Crippen LogP contribution is -2.14. The predicted octanol–water partition coefficient (Wildman–Crippen LogP) is 2.83. The molecule has 0 amide bonds. The summed E-state index contributed by atoms with van der Waals surface area (Å²) in [6.45, 7) is 1.93. The number of methoxy groups -OCH3 is 3. The number of ether oxygens (including phenoxy) is 3. The summed E-state index contributed by atoms with van der Waals surface area (Å²) in [6.07, 6.45) is 1.28. The Labute approximate surface area is 119 Å². The lowest BCUT2D eigenvalue weighted by Gasteiger charge is -2.16. The minimum atomic E-state index is -0.674. The van der Waals surface area contributed by atoms with Crippen LogP contribution in [0.2, 0.25) is 0 Å². The number of hydrogen-bond acceptors (Lipinski definition) is 5. The molecule has 0 saturated heterocycles. The van der Waals surface area contributed by atoms with Crippen molar-refractivity contribution >= 4 is 5.78 Å². The van der Waals surface area contributed by atoms with Crippen LogP contribution < -0.4 is 14.2 Å². The van der Waals surface area contributed by atoms with E-state index < -0.39 is 5.92 Å². The molecule has 0 bridgehead atoms. The molecule has 1 unspecified atom stereocenters. The van der Waals surface area contributed by atoms with Crippen molar-refractivity contribution in [3.63, 3.8) is 0 Å². The van der Waals surface area contributed by atoms with Crippen molar-refractivity contribution < 1.29 is 19.0 Å². The van der Waals surface area contributed by atoms with Crippen molar-refractivity contribution in [3.05, 3.63) is 17.7 Å². The molecule has 0 fully saturated rings. The van der Waals surface area contributed by atoms with Crippen LogP contribution in [-0.4, -0.2) is 27.1 Å². The number of rotatable bonds is 7. The van der Waals surface area contributed by atoms with Gasteiger partial charge in [-0.15, -0.1) is 0 Å². The van der Waals surface area contributed by atoms with Gasteiger partial charge in [0.1, 0.15) is 5.92 Å². The van der Waals surface area contributed by atoms with E-state index in [9.17, 15) is 4.79 Å². The van der Waals surface area contributed by atoms with Crippen LogP contribution in [-0.2, 0) is 0 Å². The fourth-order valence-corrected chi connectivity index (χ4v) is 2.03. The molecule has 5 nitrogen and oxygen atoms in total. The van der Waals surface area contributed by atoms with Gasteiger partial charge in [-0.25, -0.2) is 0 Å². The van der Waals surface area contributed by atoms with E-state index in [-0.39, 0.29) is 5.78 Å². The summed E-state index contributed by atoms with van der Waals surface area (Å²) in [7, 11) is 4.44. The molecule has 0 aliphatic carbocycles. The maximum Gasteiger partial charge on any atom is 0.204 e. The summed E-state index contributed by atoms with van der Waals surface area (Å²) in [5, 5.41) is 9.11. The first-order chi connectivity index (χ1) is 9.64. The van der Waals surface area contributed by atoms with Gasteiger partial charge in [-0.2, -0.15) is 5.26 Å². The molecule has 1 aromatic carbocycles. The minimum Gasteiger partial charge on any atom is -0.493 e. The van der Waals surface area contributed by atoms with E-state index in [1.807, 2.05) is 13.0 Å². The van der Waals surface area contributed by atoms with Gasteiger partial charge in [0.25, 0.3) is 0 Å². The maximum absolute atomic E-state index is 12.4. The topological polar surface area (TPSA) is 68.6 Å². The normalized spacial score (nSPS) is 11.3. The van der Waals surface area contributed by atoms with Crippen molar-refractivity contribution in [3.8, 4) is 23.3 Å². The van der Waals surface area contributed by atoms with Crippen LogP contribution in [0, 0.1) is 17.2 Å². The first-order valence-electron chi connectivity index (χ1n) is 6.37. The molecule has 0 radical (unpaired) electrons. The zero-order valence-electron chi connectivity index (χ0n) is 12.2. The molecule has 0 heterocycles. The number of carbonyl (C=O) groups is 1. The SMILES string of the molecule is CCCC(C#N)C(=O)c1ccc(OC)c(OC)c1OC. The predicted molar refractivity (Wildman–Crippen MR) is 74.4 cm³/mol. The first-order valence-corrected chi connectivity index (χ1v) is 6.37. The maximum atomic E-state index is 12.4. The smallest absolute Gasteiger partial charge is 0.204 e. The number of nitrogens with zero attached hydrogens (tertiary/aromatic N) is 1. The van der Waals surface area contributed by atoms with E-state index in [0.717, 1.165) is 6.42 Å². The fourth-order valence-electron chi connectivity index (χ4n) is 2.03. The Hall–Kier alpha value is -2.22. The number of hydrogen-bond donors (Lipinski definition) is 0. The van der Waals surface area contributed by atoms with E-state index in [1.165, 1.54) is 21.3 Å². The third kappa shape index (κ3) is 3.02. The highest BCUT2D eigenvalue weighted by Crippen LogP contribution is 2.40. The largest absolute Gasteiger partial charge is 0.493 e. The van der Waals surface area contributed by atoms with E-state index >= 15 is 0 Å². The average molecular weight is 277 g/mol. The van der Waals surface area contributed by atoms with Crippen LogP contribution in [0.3, 0.4) is 0 Å². The van der Waals surface area contributed by atoms with Crippen LogP contribution >= 0.6 is 0 Å². The van der Waals surface area contributed by atoms with Crippen molar-refractivity contribution in [1.82, 2.24) is 0 Å². The van der Waals surface area contributed by atoms with Crippen molar-refractivity contribution in [1.29, 1.82) is 5.26 Å². The Morgan fingerprint density at radius 2 is 1.85 bits per heavy atom. The van der Waals surface area contributed by atoms with Crippen molar-refractivity contribution in [2.24, 2.45) is 5.92 Å². The fraction of sp³-hybridized carbons (Fsp3) is 0.467. The molecular formula is C15H19NO4. The lowest BCUT2D eigenvalue weighted by atomic mass is 9.94. The van der Waals surface area contributed by atoms with Gasteiger partial charge >= 0.3 is 0 Å². The summed E-state index contributed by atoms with van der Waals surface area (Å²) in [4.78, 5) is 12.4. The minimum absolute atomic E-state index is 0.257. The molecule has 0 aromatic heterocycles. The highest BCUT2D eigenvalue weighted by atomic mass is 16.5. The van der Waals surface area contributed by atoms with Gasteiger partial charge in [0, 0.05) is 0 Å². The molecule has 1 atom stereocenters. The average Bonchev–Trinajstić information content (AvgIpc) is 2.49. The Morgan fingerprint density at radius 1 is 1.20 bits per heavy atom. The lowest BCUT2D eigenvalue weighted by molar-refractivity contribution is 0.0939. The number of nitriles is 1. The molecule has 1 rings (SSSR count). The van der Waals surface area contributed by atoms with Crippen molar-refractivity contribution in [2.75, 3.05) is 21.3 Å². The van der Waals surface area contributed by atoms with Gasteiger partial charge in [0.15, 0.2) is 17.3 Å². The second kappa shape index (κ2) is 7.39. The van der Waals surface area contributed by atoms with Gasteiger partial charge in [0.05, 0.1) is 33.0 Å². The number of Topliss-reactive ketones (excluding diaryl/α,β-unsaturated/α-hetero) is 1. The monoisotopic (exact) mass is 277 g/mol. The molecule has 1 aromatic rings. The Kier molecular flexibility index (Phi) is 5.85. The van der Waals surface area contributed by atoms with Crippen molar-refractivity contribution in [2.45, 2.75) is 19.8 Å². The summed E-state index contributed by atoms with van der Waals surface area (Å²) in [6, 6.07) is 5.28. The molecule has 0 aliphatic heterocycles. The zero-order chi connectivity index (χ0) is 15.1. The standard InChI is InChI=1S/C15H19NO4/c1-5-6-10(9-16)13(17)11-7-8-12(18-2)15(20-4)14(11)19-3/h7-8,10H,5-6H2,1-4H3. The zero-order valence-corrected chi connectivity index (χ0v) is 12.2. The third-order valence-corrected chi connectivity index (χ3v) is 3.02. The van der Waals surface area contributed by atoms with Gasteiger partial charge in [0.2, 0.25) is 5.75 Å². The molecule has 20 heavy (non-hydrogen) atoms. The molecule has 0 N–H and O–H groups in total. The van der Waals surface area contributed by atoms with Crippen LogP contribution in [0.25, 0.3) is 0 Å². The van der Waals surface area contributed by atoms with E-state index in [0.29, 0.717) is 29.2 Å². The number of benzene rings is 1. The highest BCUT2D eigenvalue weighted by Gasteiger charge is 2.25. The molecule has 108 valence electrons. The second-order valence-electron chi connectivity index (χ2n) is 4.22. The number of ketones is 1. The van der Waals surface area contributed by atoms with E-state index in [1.54, 1.807) is 12.1 Å². The first kappa shape index (κ1) is 15.8. The second-order valence-corrected chi connectivity index (χ2v) is 4.22. The summed E-state index contributed by atoms with van der Waals surface area (Å²) in [5.74, 6) is 0.200. The van der Waals surface area contributed by atoms with Crippen LogP contribution in [0.4, 0.5) is 0 Å². The highest BCUT2D eigenvalue weighted by molar-refractivity contribution is 6.02. The Bertz CT molecular complexity index is 519. The van der Waals surface area contributed by atoms with Crippen LogP contribution in [0.5, 0.6) is 17.2 Å². The molecule has 0 spiro atoms. The Morgan fingerprint density at radius 3 is 2.30 bits per heavy atom. The molecular weight excluding hydrogens is 258 g/mol. The van der Waals surface area contributed by atoms with Crippen LogP contribution in [0.15, 0.2) is 12.1 Å². The summed E-state index contributed by atoms with van der Waals surface area (Å²) < 4.78 is 15.7. The van der Waals surface area contributed by atoms with E-state index in [4.69, 9.17) is 19.5 Å². The number of carbonyl (C=O) groups excluding carboxylic acids is 1. The molecule has 0 aliphatic rings. The van der Waals surface area contributed by atoms with Gasteiger partial charge in [-0.1, -0.05) is 13.3 Å². The van der Waals surface area contributed by atoms with Gasteiger partial charge in [-0.3, -0.25) is 4.79 Å². The quantitative estimate of drug-likeness (QED) is 0.717. The third-order valence-electron chi connectivity index (χ3n) is 3.02. The Balaban J connectivity index is 3.31. The van der Waals surface area contributed by atoms with Gasteiger partial charge < -0.3 is 14.2 Å². The molecule has 5 heteroatoms. The van der Waals surface area contributed by atoms with Gasteiger partial charge in [-0.05, 0) is 18.6 Å². The van der Waals surface area contributed by atoms with E-state index in [2.05, 4.69) is 0 Å².